The van der Waals surface area contributed by atoms with Crippen LogP contribution in [0.3, 0.4) is 0 Å². The van der Waals surface area contributed by atoms with E-state index < -0.39 is 109 Å². The summed E-state index contributed by atoms with van der Waals surface area (Å²) in [5.41, 5.74) is -1.88. The number of rotatable bonds is 23. The second kappa shape index (κ2) is 29.3. The first-order valence-corrected chi connectivity index (χ1v) is 15.8. The molecule has 26 heteroatoms. The Morgan fingerprint density at radius 2 is 0.836 bits per heavy atom. The van der Waals surface area contributed by atoms with E-state index in [9.17, 15) is 54.6 Å². The molecule has 0 aromatic carbocycles. The SMILES string of the molecule is C=C(O)C[N-]C1C(O)C([N-]CCC(=O)O)C(O)C([N-]CCC(=O)O)C1O.O=C(O)CC[N-]C1C(O)C([N-]CCC(=O)O)C(CO)([N-]CC(=O)O)C1O.[Hf].[Hf].[Hf]. The summed E-state index contributed by atoms with van der Waals surface area (Å²) in [5, 5.41) is 138. The first-order chi connectivity index (χ1) is 24.3. The van der Waals surface area contributed by atoms with Crippen molar-refractivity contribution >= 4 is 29.8 Å². The molecule has 0 aromatic heterocycles. The number of aliphatic carboxylic acids is 5. The largest absolute Gasteiger partial charge is 0.658 e. The van der Waals surface area contributed by atoms with Gasteiger partial charge >= 0.3 is 23.9 Å². The first-order valence-electron chi connectivity index (χ1n) is 15.8. The van der Waals surface area contributed by atoms with Crippen molar-refractivity contribution in [1.29, 1.82) is 0 Å². The average molecular weight is 1290 g/mol. The summed E-state index contributed by atoms with van der Waals surface area (Å²) in [4.78, 5) is 53.3. The van der Waals surface area contributed by atoms with Gasteiger partial charge in [-0.1, -0.05) is 42.8 Å². The molecule has 9 unspecified atom stereocenters. The molecule has 2 rings (SSSR count). The molecule has 0 radical (unpaired) electrons. The summed E-state index contributed by atoms with van der Waals surface area (Å²) >= 11 is 0. The van der Waals surface area contributed by atoms with E-state index in [1.807, 2.05) is 0 Å². The summed E-state index contributed by atoms with van der Waals surface area (Å²) in [5.74, 6) is -6.13. The molecule has 2 aliphatic rings. The first kappa shape index (κ1) is 58.3. The van der Waals surface area contributed by atoms with Gasteiger partial charge in [0.2, 0.25) is 0 Å². The summed E-state index contributed by atoms with van der Waals surface area (Å²) < 4.78 is 0. The van der Waals surface area contributed by atoms with Gasteiger partial charge < -0.3 is 93.2 Å². The maximum absolute atomic E-state index is 10.8. The van der Waals surface area contributed by atoms with Crippen molar-refractivity contribution in [2.45, 2.75) is 92.0 Å². The molecule has 2 saturated carbocycles. The molecule has 0 saturated heterocycles. The smallest absolute Gasteiger partial charge is 0.301 e. The molecule has 2 fully saturated rings. The van der Waals surface area contributed by atoms with Crippen LogP contribution in [-0.4, -0.2) is 203 Å². The van der Waals surface area contributed by atoms with Crippen LogP contribution in [0.5, 0.6) is 0 Å². The van der Waals surface area contributed by atoms with E-state index in [1.165, 1.54) is 0 Å². The number of hydrogen-bond acceptors (Lipinski definition) is 12. The molecule has 0 aromatic rings. The number of carboxylic acids is 5. The normalized spacial score (nSPS) is 29.6. The van der Waals surface area contributed by atoms with E-state index in [2.05, 4.69) is 38.5 Å². The van der Waals surface area contributed by atoms with Crippen LogP contribution in [0.2, 0.25) is 0 Å². The average Bonchev–Trinajstić information content (AvgIpc) is 3.23. The molecule has 312 valence electrons. The van der Waals surface area contributed by atoms with Crippen molar-refractivity contribution in [3.05, 3.63) is 44.2 Å². The predicted octanol–water partition coefficient (Wildman–Crippen LogP) is -2.33. The molecule has 9 atom stereocenters. The van der Waals surface area contributed by atoms with Gasteiger partial charge in [-0.3, -0.25) is 24.0 Å². The van der Waals surface area contributed by atoms with Crippen LogP contribution >= 0.6 is 0 Å². The van der Waals surface area contributed by atoms with Gasteiger partial charge in [0, 0.05) is 140 Å². The summed E-state index contributed by atoms with van der Waals surface area (Å²) in [7, 11) is 0. The van der Waals surface area contributed by atoms with Gasteiger partial charge in [0.1, 0.15) is 0 Å². The zero-order valence-corrected chi connectivity index (χ0v) is 40.1. The van der Waals surface area contributed by atoms with Gasteiger partial charge in [0.25, 0.3) is 5.97 Å². The minimum absolute atomic E-state index is 0. The Balaban J connectivity index is -0.000000932. The van der Waals surface area contributed by atoms with Crippen molar-refractivity contribution < 1.29 is 163 Å². The third-order valence-corrected chi connectivity index (χ3v) is 8.02. The molecule has 2 aliphatic carbocycles. The quantitative estimate of drug-likeness (QED) is 0.0377. The van der Waals surface area contributed by atoms with E-state index in [0.717, 1.165) is 0 Å². The second-order valence-electron chi connectivity index (χ2n) is 11.8. The van der Waals surface area contributed by atoms with Crippen LogP contribution in [-0.2, 0) is 102 Å². The Morgan fingerprint density at radius 3 is 1.16 bits per heavy atom. The van der Waals surface area contributed by atoms with Crippen LogP contribution in [0.15, 0.2) is 12.3 Å². The van der Waals surface area contributed by atoms with Gasteiger partial charge in [-0.05, 0) is 6.54 Å². The van der Waals surface area contributed by atoms with Crippen molar-refractivity contribution in [3.63, 3.8) is 0 Å². The van der Waals surface area contributed by atoms with E-state index >= 15 is 0 Å². The van der Waals surface area contributed by atoms with Gasteiger partial charge in [-0.2, -0.15) is 0 Å². The number of aliphatic hydroxyl groups is 7. The molecule has 12 N–H and O–H groups in total. The fourth-order valence-corrected chi connectivity index (χ4v) is 5.55. The molecular weight excluding hydrogens is 1240 g/mol. The molecule has 0 aliphatic heterocycles. The number of hydrogen-bond donors (Lipinski definition) is 12. The second-order valence-corrected chi connectivity index (χ2v) is 11.8. The van der Waals surface area contributed by atoms with Crippen LogP contribution in [0.4, 0.5) is 0 Å². The minimum Gasteiger partial charge on any atom is -0.658 e. The molecule has 55 heavy (non-hydrogen) atoms. The summed E-state index contributed by atoms with van der Waals surface area (Å²) in [6.07, 6.45) is -8.75. The fraction of sp³-hybridized carbons (Fsp3) is 0.759. The fourth-order valence-electron chi connectivity index (χ4n) is 5.55. The molecule has 23 nitrogen and oxygen atoms in total. The zero-order chi connectivity index (χ0) is 39.8. The Bertz CT molecular complexity index is 1160. The monoisotopic (exact) mass is 1290 g/mol. The molecule has 0 heterocycles. The van der Waals surface area contributed by atoms with Crippen LogP contribution in [0.25, 0.3) is 31.9 Å². The van der Waals surface area contributed by atoms with E-state index in [0.29, 0.717) is 0 Å². The number of carboxylic acid groups (broad SMARTS) is 5. The molecule has 0 bridgehead atoms. The van der Waals surface area contributed by atoms with Gasteiger partial charge in [-0.15, -0.1) is 32.2 Å². The summed E-state index contributed by atoms with van der Waals surface area (Å²) in [6, 6.07) is -6.05. The number of aliphatic hydroxyl groups excluding tert-OH is 7. The number of carbonyl (C=O) groups is 5. The Kier molecular flexibility index (Phi) is 31.0. The topological polar surface area (TPSA) is 413 Å². The molecule has 0 amide bonds. The van der Waals surface area contributed by atoms with Crippen molar-refractivity contribution in [2.75, 3.05) is 45.9 Å². The maximum atomic E-state index is 10.8. The van der Waals surface area contributed by atoms with E-state index in [4.69, 9.17) is 30.6 Å². The van der Waals surface area contributed by atoms with Gasteiger partial charge in [0.05, 0.1) is 5.76 Å². The van der Waals surface area contributed by atoms with Crippen molar-refractivity contribution in [2.24, 2.45) is 0 Å². The van der Waals surface area contributed by atoms with Crippen molar-refractivity contribution in [3.8, 4) is 0 Å². The van der Waals surface area contributed by atoms with Crippen LogP contribution in [0.1, 0.15) is 25.7 Å². The van der Waals surface area contributed by atoms with Crippen LogP contribution in [0, 0.1) is 0 Å². The maximum Gasteiger partial charge on any atom is 0.301 e. The molecular formula is C29H46Hf3N6O17-6. The van der Waals surface area contributed by atoms with Crippen LogP contribution < -0.4 is 0 Å². The Morgan fingerprint density at radius 1 is 0.491 bits per heavy atom. The summed E-state index contributed by atoms with van der Waals surface area (Å²) in [6.45, 7) is 0.520. The van der Waals surface area contributed by atoms with E-state index in [1.54, 1.807) is 0 Å². The number of nitrogens with zero attached hydrogens (tertiary/aromatic N) is 6. The third kappa shape index (κ3) is 19.1. The predicted molar refractivity (Wildman–Crippen MR) is 177 cm³/mol. The Hall–Kier alpha value is -0.980. The third-order valence-electron chi connectivity index (χ3n) is 8.02. The molecule has 0 spiro atoms. The van der Waals surface area contributed by atoms with E-state index in [-0.39, 0.29) is 142 Å². The van der Waals surface area contributed by atoms with Gasteiger partial charge in [-0.25, -0.2) is 0 Å². The minimum atomic E-state index is -1.88. The standard InChI is InChI=1S/C15H24N3O8.C14H22N3O9.3Hf/c1-7(19)6-18-12-14(25)10(16-4-2-8(20)21)13(24)11(15(12)26)17-5-3-9(22)23;18-6-14(17-5-9(23)24)12(16-4-2-8(21)22)11(25)10(13(14)26)15-3-1-7(19)20;;;/h10-15,19,24-26H,1-6H2,(H,20,21)(H,22,23);10-13,18,25-26H,1-6H2,(H,19,20)(H,21,22)(H,23,24);;;/q2*-3;;;. The Labute approximate surface area is 372 Å². The van der Waals surface area contributed by atoms with Crippen molar-refractivity contribution in [1.82, 2.24) is 0 Å². The van der Waals surface area contributed by atoms with Gasteiger partial charge in [0.15, 0.2) is 0 Å². The zero-order valence-electron chi connectivity index (χ0n) is 29.3.